The molecule has 144 valence electrons. The maximum Gasteiger partial charge on any atom is 0.372 e. The highest BCUT2D eigenvalue weighted by molar-refractivity contribution is 5.86. The molecule has 1 aliphatic rings. The Morgan fingerprint density at radius 2 is 2.00 bits per heavy atom. The lowest BCUT2D eigenvalue weighted by Gasteiger charge is -2.38. The molecule has 12 heteroatoms. The van der Waals surface area contributed by atoms with Crippen molar-refractivity contribution >= 4 is 17.9 Å². The highest BCUT2D eigenvalue weighted by Crippen LogP contribution is 2.26. The molecule has 0 radical (unpaired) electrons. The van der Waals surface area contributed by atoms with E-state index in [1.165, 1.54) is 0 Å². The third kappa shape index (κ3) is 5.34. The number of carbonyl (C=O) groups excluding carboxylic acids is 3. The fourth-order valence-corrected chi connectivity index (χ4v) is 2.37. The summed E-state index contributed by atoms with van der Waals surface area (Å²) in [7, 11) is 1.11. The predicted molar refractivity (Wildman–Crippen MR) is 84.1 cm³/mol. The minimum Gasteiger partial charge on any atom is -0.478 e. The van der Waals surface area contributed by atoms with Crippen LogP contribution in [0.5, 0.6) is 0 Å². The maximum absolute atomic E-state index is 11.8. The molecular weight excluding hydrogens is 352 g/mol. The van der Waals surface area contributed by atoms with Gasteiger partial charge in [0, 0.05) is 18.8 Å². The third-order valence-corrected chi connectivity index (χ3v) is 3.42. The lowest BCUT2D eigenvalue weighted by molar-refractivity contribution is -0.183. The molecule has 0 bridgehead atoms. The molecular formula is C14H20N4O8. The number of carbonyl (C=O) groups is 3. The minimum atomic E-state index is -1.37. The van der Waals surface area contributed by atoms with E-state index < -0.39 is 54.9 Å². The molecule has 5 atom stereocenters. The van der Waals surface area contributed by atoms with Crippen LogP contribution in [0.1, 0.15) is 13.8 Å². The molecule has 26 heavy (non-hydrogen) atoms. The van der Waals surface area contributed by atoms with Gasteiger partial charge in [0.1, 0.15) is 0 Å². The molecule has 12 nitrogen and oxygen atoms in total. The van der Waals surface area contributed by atoms with Crippen LogP contribution in [0.25, 0.3) is 10.4 Å². The number of nitrogens with two attached hydrogens (primary N) is 1. The summed E-state index contributed by atoms with van der Waals surface area (Å²) >= 11 is 0. The SMILES string of the molecule is COC(=O)C1=CC(N=[N+]=[N-])C(N)C(C(OC(C)=O)[C@@H](CO)OC(C)=O)O1. The molecule has 0 saturated carbocycles. The fraction of sp³-hybridized carbons (Fsp3) is 0.643. The lowest BCUT2D eigenvalue weighted by atomic mass is 9.93. The Hall–Kier alpha value is -2.82. The molecule has 0 aromatic carbocycles. The molecule has 0 amide bonds. The van der Waals surface area contributed by atoms with Gasteiger partial charge in [-0.2, -0.15) is 0 Å². The zero-order valence-electron chi connectivity index (χ0n) is 14.4. The number of esters is 3. The van der Waals surface area contributed by atoms with E-state index in [2.05, 4.69) is 14.8 Å². The van der Waals surface area contributed by atoms with Crippen molar-refractivity contribution < 1.29 is 38.4 Å². The Labute approximate surface area is 148 Å². The van der Waals surface area contributed by atoms with E-state index in [0.717, 1.165) is 27.0 Å². The van der Waals surface area contributed by atoms with Gasteiger partial charge < -0.3 is 29.8 Å². The van der Waals surface area contributed by atoms with Crippen molar-refractivity contribution in [1.82, 2.24) is 0 Å². The molecule has 1 rings (SSSR count). The van der Waals surface area contributed by atoms with Gasteiger partial charge in [-0.3, -0.25) is 9.59 Å². The standard InChI is InChI=1S/C14H20N4O8/c1-6(20)24-10(5-19)12(25-7(2)21)13-11(15)8(17-18-16)4-9(26-13)14(22)23-3/h4,8,10-13,19H,5,15H2,1-3H3/t8?,10-,11?,12?,13?/m1/s1. The predicted octanol–water partition coefficient (Wildman–Crippen LogP) is -0.696. The number of aliphatic hydroxyl groups excluding tert-OH is 1. The van der Waals surface area contributed by atoms with Crippen LogP contribution in [-0.2, 0) is 33.3 Å². The first-order valence-electron chi connectivity index (χ1n) is 7.47. The Kier molecular flexibility index (Phi) is 7.84. The van der Waals surface area contributed by atoms with Gasteiger partial charge in [0.25, 0.3) is 0 Å². The summed E-state index contributed by atoms with van der Waals surface area (Å²) < 4.78 is 20.1. The van der Waals surface area contributed by atoms with Gasteiger partial charge in [0.2, 0.25) is 5.76 Å². The van der Waals surface area contributed by atoms with Crippen molar-refractivity contribution in [2.24, 2.45) is 10.8 Å². The monoisotopic (exact) mass is 372 g/mol. The summed E-state index contributed by atoms with van der Waals surface area (Å²) in [5.41, 5.74) is 14.7. The number of azide groups is 1. The minimum absolute atomic E-state index is 0.326. The zero-order valence-corrected chi connectivity index (χ0v) is 14.4. The summed E-state index contributed by atoms with van der Waals surface area (Å²) in [5.74, 6) is -2.73. The van der Waals surface area contributed by atoms with Gasteiger partial charge >= 0.3 is 17.9 Å². The van der Waals surface area contributed by atoms with E-state index in [1.54, 1.807) is 0 Å². The van der Waals surface area contributed by atoms with Crippen LogP contribution in [0.2, 0.25) is 0 Å². The van der Waals surface area contributed by atoms with E-state index in [0.29, 0.717) is 0 Å². The molecule has 0 aromatic heterocycles. The number of methoxy groups -OCH3 is 1. The lowest BCUT2D eigenvalue weighted by Crippen LogP contribution is -2.58. The van der Waals surface area contributed by atoms with Gasteiger partial charge in [0.05, 0.1) is 25.8 Å². The van der Waals surface area contributed by atoms with Gasteiger partial charge in [-0.05, 0) is 11.6 Å². The molecule has 0 fully saturated rings. The highest BCUT2D eigenvalue weighted by Gasteiger charge is 2.45. The molecule has 1 heterocycles. The van der Waals surface area contributed by atoms with E-state index in [4.69, 9.17) is 25.5 Å². The average Bonchev–Trinajstić information content (AvgIpc) is 2.58. The van der Waals surface area contributed by atoms with Crippen molar-refractivity contribution in [3.63, 3.8) is 0 Å². The summed E-state index contributed by atoms with van der Waals surface area (Å²) in [6.45, 7) is 1.47. The van der Waals surface area contributed by atoms with Crippen LogP contribution in [0.4, 0.5) is 0 Å². The molecule has 3 N–H and O–H groups in total. The van der Waals surface area contributed by atoms with Crippen molar-refractivity contribution in [2.45, 2.75) is 44.2 Å². The molecule has 0 aliphatic carbocycles. The van der Waals surface area contributed by atoms with Crippen LogP contribution in [0.15, 0.2) is 16.9 Å². The van der Waals surface area contributed by atoms with Crippen LogP contribution >= 0.6 is 0 Å². The van der Waals surface area contributed by atoms with Crippen LogP contribution in [0, 0.1) is 0 Å². The Bertz CT molecular complexity index is 630. The molecule has 0 aromatic rings. The van der Waals surface area contributed by atoms with Crippen molar-refractivity contribution in [2.75, 3.05) is 13.7 Å². The quantitative estimate of drug-likeness (QED) is 0.192. The van der Waals surface area contributed by atoms with E-state index in [9.17, 15) is 19.5 Å². The van der Waals surface area contributed by atoms with Crippen molar-refractivity contribution in [1.29, 1.82) is 0 Å². The van der Waals surface area contributed by atoms with Gasteiger partial charge in [-0.1, -0.05) is 5.11 Å². The smallest absolute Gasteiger partial charge is 0.372 e. The largest absolute Gasteiger partial charge is 0.478 e. The number of rotatable bonds is 7. The normalized spacial score (nSPS) is 24.0. The first kappa shape index (κ1) is 21.2. The molecule has 4 unspecified atom stereocenters. The van der Waals surface area contributed by atoms with E-state index >= 15 is 0 Å². The first-order chi connectivity index (χ1) is 12.2. The number of hydrogen-bond donors (Lipinski definition) is 2. The zero-order chi connectivity index (χ0) is 19.9. The van der Waals surface area contributed by atoms with Crippen LogP contribution < -0.4 is 5.73 Å². The molecule has 0 spiro atoms. The highest BCUT2D eigenvalue weighted by atomic mass is 16.6. The Balaban J connectivity index is 3.30. The molecule has 0 saturated heterocycles. The van der Waals surface area contributed by atoms with E-state index in [1.807, 2.05) is 0 Å². The summed E-state index contributed by atoms with van der Waals surface area (Å²) in [4.78, 5) is 37.2. The Morgan fingerprint density at radius 1 is 1.38 bits per heavy atom. The second kappa shape index (κ2) is 9.61. The first-order valence-corrected chi connectivity index (χ1v) is 7.47. The maximum atomic E-state index is 11.8. The van der Waals surface area contributed by atoms with E-state index in [-0.39, 0.29) is 5.76 Å². The number of hydrogen-bond acceptors (Lipinski definition) is 10. The topological polar surface area (TPSA) is 183 Å². The summed E-state index contributed by atoms with van der Waals surface area (Å²) in [6, 6.07) is -2.11. The number of aliphatic hydroxyl groups is 1. The van der Waals surface area contributed by atoms with Crippen LogP contribution in [0.3, 0.4) is 0 Å². The number of ether oxygens (including phenoxy) is 4. The summed E-state index contributed by atoms with van der Waals surface area (Å²) in [5, 5.41) is 13.0. The van der Waals surface area contributed by atoms with Gasteiger partial charge in [-0.25, -0.2) is 4.79 Å². The van der Waals surface area contributed by atoms with Gasteiger partial charge in [-0.15, -0.1) is 0 Å². The number of nitrogens with zero attached hydrogens (tertiary/aromatic N) is 3. The average molecular weight is 372 g/mol. The second-order valence-corrected chi connectivity index (χ2v) is 5.28. The van der Waals surface area contributed by atoms with Crippen LogP contribution in [-0.4, -0.2) is 67.1 Å². The third-order valence-electron chi connectivity index (χ3n) is 3.42. The summed E-state index contributed by atoms with van der Waals surface area (Å²) in [6.07, 6.45) is -2.81. The van der Waals surface area contributed by atoms with Gasteiger partial charge in [0.15, 0.2) is 18.3 Å². The second-order valence-electron chi connectivity index (χ2n) is 5.28. The molecule has 1 aliphatic heterocycles. The fourth-order valence-electron chi connectivity index (χ4n) is 2.37. The van der Waals surface area contributed by atoms with Crippen molar-refractivity contribution in [3.8, 4) is 0 Å². The van der Waals surface area contributed by atoms with Crippen molar-refractivity contribution in [3.05, 3.63) is 22.3 Å². The Morgan fingerprint density at radius 3 is 2.46 bits per heavy atom.